The van der Waals surface area contributed by atoms with Crippen LogP contribution in [0, 0.1) is 5.92 Å². The van der Waals surface area contributed by atoms with Crippen molar-refractivity contribution in [1.82, 2.24) is 4.90 Å². The molecule has 2 N–H and O–H groups in total. The fourth-order valence-corrected chi connectivity index (χ4v) is 7.01. The fourth-order valence-electron chi connectivity index (χ4n) is 4.83. The summed E-state index contributed by atoms with van der Waals surface area (Å²) in [7, 11) is -3.75. The van der Waals surface area contributed by atoms with E-state index in [0.717, 1.165) is 19.3 Å². The number of rotatable bonds is 8. The number of benzene rings is 2. The van der Waals surface area contributed by atoms with Crippen molar-refractivity contribution in [3.8, 4) is 11.5 Å². The Bertz CT molecular complexity index is 873. The van der Waals surface area contributed by atoms with Crippen LogP contribution in [0.3, 0.4) is 0 Å². The summed E-state index contributed by atoms with van der Waals surface area (Å²) in [6.07, 6.45) is 7.95. The van der Waals surface area contributed by atoms with E-state index in [4.69, 9.17) is 14.8 Å². The monoisotopic (exact) mass is 456 g/mol. The molecule has 2 aliphatic rings. The van der Waals surface area contributed by atoms with Crippen molar-refractivity contribution in [1.29, 1.82) is 0 Å². The highest BCUT2D eigenvalue weighted by molar-refractivity contribution is 7.55. The molecule has 0 aromatic heterocycles. The summed E-state index contributed by atoms with van der Waals surface area (Å²) in [6.45, 7) is 0.516. The topological polar surface area (TPSA) is 81.9 Å². The molecule has 0 bridgehead atoms. The molecular weight excluding hydrogens is 423 g/mol. The summed E-state index contributed by atoms with van der Waals surface area (Å²) in [6, 6.07) is 17.4. The third kappa shape index (κ3) is 5.54. The van der Waals surface area contributed by atoms with E-state index in [2.05, 4.69) is 0 Å². The molecule has 1 amide bonds. The normalized spacial score (nSPS) is 20.7. The Morgan fingerprint density at radius 2 is 1.47 bits per heavy atom. The second-order valence-corrected chi connectivity index (χ2v) is 10.9. The van der Waals surface area contributed by atoms with Crippen molar-refractivity contribution in [2.24, 2.45) is 11.7 Å². The van der Waals surface area contributed by atoms with Crippen LogP contribution in [0.2, 0.25) is 0 Å². The first-order valence-corrected chi connectivity index (χ1v) is 13.3. The van der Waals surface area contributed by atoms with Gasteiger partial charge in [0, 0.05) is 6.54 Å². The van der Waals surface area contributed by atoms with Gasteiger partial charge < -0.3 is 19.7 Å². The first-order chi connectivity index (χ1) is 15.5. The number of amides is 1. The van der Waals surface area contributed by atoms with Gasteiger partial charge in [0.2, 0.25) is 5.91 Å². The number of hydrogen-bond acceptors (Lipinski definition) is 5. The van der Waals surface area contributed by atoms with Gasteiger partial charge in [-0.15, -0.1) is 0 Å². The van der Waals surface area contributed by atoms with Crippen LogP contribution < -0.4 is 14.8 Å². The molecule has 6 nitrogen and oxygen atoms in total. The summed E-state index contributed by atoms with van der Waals surface area (Å²) in [5, 5.41) is 0. The predicted octanol–water partition coefficient (Wildman–Crippen LogP) is 5.58. The van der Waals surface area contributed by atoms with Gasteiger partial charge in [-0.05, 0) is 49.4 Å². The molecule has 1 aliphatic heterocycles. The molecular formula is C25H33N2O4P. The van der Waals surface area contributed by atoms with Gasteiger partial charge in [-0.1, -0.05) is 68.5 Å². The number of carbonyl (C=O) groups excluding carboxylic acids is 1. The van der Waals surface area contributed by atoms with Gasteiger partial charge in [-0.25, -0.2) is 4.57 Å². The molecule has 2 aromatic carbocycles. The van der Waals surface area contributed by atoms with E-state index in [1.165, 1.54) is 19.3 Å². The molecule has 1 heterocycles. The average Bonchev–Trinajstić information content (AvgIpc) is 3.31. The van der Waals surface area contributed by atoms with Gasteiger partial charge in [0.1, 0.15) is 11.5 Å². The molecule has 0 unspecified atom stereocenters. The maximum absolute atomic E-state index is 14.2. The fraction of sp³-hybridized carbons (Fsp3) is 0.480. The van der Waals surface area contributed by atoms with E-state index in [0.29, 0.717) is 36.8 Å². The third-order valence-corrected chi connectivity index (χ3v) is 8.65. The van der Waals surface area contributed by atoms with E-state index < -0.39 is 19.4 Å². The van der Waals surface area contributed by atoms with Crippen LogP contribution in [-0.4, -0.2) is 29.2 Å². The lowest BCUT2D eigenvalue weighted by molar-refractivity contribution is -0.132. The van der Waals surface area contributed by atoms with Crippen LogP contribution in [0.1, 0.15) is 51.4 Å². The summed E-state index contributed by atoms with van der Waals surface area (Å²) in [4.78, 5) is 15.0. The Morgan fingerprint density at radius 1 is 0.906 bits per heavy atom. The van der Waals surface area contributed by atoms with Crippen LogP contribution in [0.4, 0.5) is 0 Å². The van der Waals surface area contributed by atoms with Crippen molar-refractivity contribution in [3.05, 3.63) is 60.7 Å². The van der Waals surface area contributed by atoms with Crippen molar-refractivity contribution < 1.29 is 18.4 Å². The first-order valence-electron chi connectivity index (χ1n) is 11.7. The standard InChI is InChI=1S/C25H33N2O4P/c26-23(19-20-11-4-1-5-12-20)25(28)27-18-10-17-24(27)32(29,30-21-13-6-2-7-14-21)31-22-15-8-3-9-16-22/h2-3,6-9,13-16,20,23-24H,1,4-5,10-12,17-19,26H2/t23-,24+/m0/s1. The smallest absolute Gasteiger partial charge is 0.415 e. The van der Waals surface area contributed by atoms with Crippen LogP contribution in [0.5, 0.6) is 11.5 Å². The minimum absolute atomic E-state index is 0.147. The minimum atomic E-state index is -3.75. The molecule has 32 heavy (non-hydrogen) atoms. The van der Waals surface area contributed by atoms with Gasteiger partial charge >= 0.3 is 7.60 Å². The Morgan fingerprint density at radius 3 is 2.03 bits per heavy atom. The van der Waals surface area contributed by atoms with E-state index >= 15 is 0 Å². The zero-order valence-corrected chi connectivity index (χ0v) is 19.4. The third-order valence-electron chi connectivity index (χ3n) is 6.45. The van der Waals surface area contributed by atoms with Gasteiger partial charge in [0.25, 0.3) is 0 Å². The van der Waals surface area contributed by atoms with Crippen LogP contribution in [0.25, 0.3) is 0 Å². The Kier molecular flexibility index (Phi) is 7.54. The molecule has 172 valence electrons. The van der Waals surface area contributed by atoms with E-state index in [1.807, 2.05) is 36.4 Å². The highest BCUT2D eigenvalue weighted by atomic mass is 31.2. The Balaban J connectivity index is 1.54. The van der Waals surface area contributed by atoms with Crippen molar-refractivity contribution in [3.63, 3.8) is 0 Å². The zero-order valence-electron chi connectivity index (χ0n) is 18.5. The van der Waals surface area contributed by atoms with Gasteiger partial charge in [0.15, 0.2) is 5.78 Å². The number of likely N-dealkylation sites (tertiary alicyclic amines) is 1. The maximum Gasteiger partial charge on any atom is 0.453 e. The molecule has 2 aromatic rings. The SMILES string of the molecule is N[C@@H](CC1CCCCC1)C(=O)N1CCC[C@H]1P(=O)(Oc1ccccc1)Oc1ccccc1. The number of para-hydroxylation sites is 2. The second kappa shape index (κ2) is 10.5. The Labute approximate surface area is 190 Å². The predicted molar refractivity (Wildman–Crippen MR) is 126 cm³/mol. The first kappa shape index (κ1) is 22.9. The van der Waals surface area contributed by atoms with Gasteiger partial charge in [-0.3, -0.25) is 4.79 Å². The van der Waals surface area contributed by atoms with E-state index in [9.17, 15) is 9.36 Å². The lowest BCUT2D eigenvalue weighted by atomic mass is 9.85. The molecule has 0 spiro atoms. The number of hydrogen-bond donors (Lipinski definition) is 1. The highest BCUT2D eigenvalue weighted by Crippen LogP contribution is 2.57. The molecule has 1 aliphatic carbocycles. The largest absolute Gasteiger partial charge is 0.453 e. The molecule has 1 saturated heterocycles. The molecule has 0 radical (unpaired) electrons. The molecule has 4 rings (SSSR count). The molecule has 2 atom stereocenters. The molecule has 2 fully saturated rings. The lowest BCUT2D eigenvalue weighted by Gasteiger charge is -2.33. The van der Waals surface area contributed by atoms with Crippen LogP contribution >= 0.6 is 7.60 Å². The number of nitrogens with two attached hydrogens (primary N) is 1. The van der Waals surface area contributed by atoms with Crippen molar-refractivity contribution >= 4 is 13.5 Å². The lowest BCUT2D eigenvalue weighted by Crippen LogP contribution is -2.47. The number of nitrogens with zero attached hydrogens (tertiary/aromatic N) is 1. The number of carbonyl (C=O) groups is 1. The summed E-state index contributed by atoms with van der Waals surface area (Å²) in [5.41, 5.74) is 6.38. The van der Waals surface area contributed by atoms with E-state index in [-0.39, 0.29) is 5.91 Å². The molecule has 1 saturated carbocycles. The average molecular weight is 457 g/mol. The van der Waals surface area contributed by atoms with Gasteiger partial charge in [-0.2, -0.15) is 0 Å². The highest BCUT2D eigenvalue weighted by Gasteiger charge is 2.48. The van der Waals surface area contributed by atoms with Crippen molar-refractivity contribution in [2.45, 2.75) is 63.2 Å². The van der Waals surface area contributed by atoms with Crippen molar-refractivity contribution in [2.75, 3.05) is 6.54 Å². The van der Waals surface area contributed by atoms with E-state index in [1.54, 1.807) is 29.2 Å². The second-order valence-electron chi connectivity index (χ2n) is 8.85. The van der Waals surface area contributed by atoms with Crippen LogP contribution in [0.15, 0.2) is 60.7 Å². The van der Waals surface area contributed by atoms with Crippen LogP contribution in [-0.2, 0) is 9.36 Å². The minimum Gasteiger partial charge on any atom is -0.415 e. The summed E-state index contributed by atoms with van der Waals surface area (Å²) in [5.74, 6) is 0.603. The summed E-state index contributed by atoms with van der Waals surface area (Å²) < 4.78 is 26.2. The summed E-state index contributed by atoms with van der Waals surface area (Å²) >= 11 is 0. The Hall–Kier alpha value is -2.30. The van der Waals surface area contributed by atoms with Gasteiger partial charge in [0.05, 0.1) is 6.04 Å². The quantitative estimate of drug-likeness (QED) is 0.524. The maximum atomic E-state index is 14.2. The molecule has 7 heteroatoms. The zero-order chi connectivity index (χ0) is 22.4.